The lowest BCUT2D eigenvalue weighted by atomic mass is 10.1. The average Bonchev–Trinajstić information content (AvgIpc) is 3.12. The highest BCUT2D eigenvalue weighted by molar-refractivity contribution is 7.17. The molecule has 27 heavy (non-hydrogen) atoms. The number of amides is 1. The highest BCUT2D eigenvalue weighted by Crippen LogP contribution is 2.20. The van der Waals surface area contributed by atoms with Gasteiger partial charge in [-0.1, -0.05) is 31.5 Å². The van der Waals surface area contributed by atoms with Gasteiger partial charge in [0.15, 0.2) is 0 Å². The van der Waals surface area contributed by atoms with Crippen LogP contribution in [0.5, 0.6) is 0 Å². The van der Waals surface area contributed by atoms with Crippen LogP contribution in [0.4, 0.5) is 5.69 Å². The van der Waals surface area contributed by atoms with Crippen LogP contribution in [-0.4, -0.2) is 15.0 Å². The summed E-state index contributed by atoms with van der Waals surface area (Å²) < 4.78 is 3.14. The second-order valence-electron chi connectivity index (χ2n) is 6.63. The SMILES string of the molecule is CCCCn1c(=O)c2sccc2n(CC(=O)Nc2c(C)cccc2C)c1=O. The predicted molar refractivity (Wildman–Crippen MR) is 110 cm³/mol. The fraction of sp³-hybridized carbons (Fsp3) is 0.350. The van der Waals surface area contributed by atoms with Gasteiger partial charge in [-0.3, -0.25) is 18.7 Å². The minimum absolute atomic E-state index is 0.133. The number of unbranched alkanes of at least 4 members (excludes halogenated alkanes) is 1. The van der Waals surface area contributed by atoms with Crippen LogP contribution in [0.3, 0.4) is 0 Å². The number of aromatic nitrogens is 2. The van der Waals surface area contributed by atoms with E-state index >= 15 is 0 Å². The molecule has 3 rings (SSSR count). The van der Waals surface area contributed by atoms with E-state index in [9.17, 15) is 14.4 Å². The highest BCUT2D eigenvalue weighted by atomic mass is 32.1. The number of hydrogen-bond donors (Lipinski definition) is 1. The van der Waals surface area contributed by atoms with Crippen molar-refractivity contribution >= 4 is 33.1 Å². The van der Waals surface area contributed by atoms with E-state index in [0.29, 0.717) is 16.8 Å². The summed E-state index contributed by atoms with van der Waals surface area (Å²) in [5.74, 6) is -0.289. The Hall–Kier alpha value is -2.67. The number of carbonyl (C=O) groups is 1. The number of thiophene rings is 1. The Morgan fingerprint density at radius 3 is 2.48 bits per heavy atom. The van der Waals surface area contributed by atoms with Crippen LogP contribution in [-0.2, 0) is 17.9 Å². The van der Waals surface area contributed by atoms with Crippen LogP contribution in [0, 0.1) is 13.8 Å². The van der Waals surface area contributed by atoms with Crippen LogP contribution in [0.2, 0.25) is 0 Å². The van der Waals surface area contributed by atoms with Gasteiger partial charge in [0, 0.05) is 12.2 Å². The lowest BCUT2D eigenvalue weighted by molar-refractivity contribution is -0.116. The summed E-state index contributed by atoms with van der Waals surface area (Å²) in [6.45, 7) is 6.09. The Balaban J connectivity index is 1.99. The number of nitrogens with one attached hydrogen (secondary N) is 1. The second kappa shape index (κ2) is 7.92. The van der Waals surface area contributed by atoms with Gasteiger partial charge in [0.25, 0.3) is 5.56 Å². The van der Waals surface area contributed by atoms with Crippen molar-refractivity contribution in [3.63, 3.8) is 0 Å². The standard InChI is InChI=1S/C20H23N3O3S/c1-4-5-10-22-19(25)18-15(9-11-27-18)23(20(22)26)12-16(24)21-17-13(2)7-6-8-14(17)3/h6-9,11H,4-5,10,12H2,1-3H3,(H,21,24). The molecule has 2 heterocycles. The van der Waals surface area contributed by atoms with E-state index in [0.717, 1.165) is 29.7 Å². The number of fused-ring (bicyclic) bond motifs is 1. The van der Waals surface area contributed by atoms with Crippen molar-refractivity contribution < 1.29 is 4.79 Å². The van der Waals surface area contributed by atoms with Gasteiger partial charge in [0.1, 0.15) is 11.2 Å². The first kappa shape index (κ1) is 19.1. The van der Waals surface area contributed by atoms with Gasteiger partial charge in [-0.15, -0.1) is 11.3 Å². The van der Waals surface area contributed by atoms with Crippen molar-refractivity contribution in [3.05, 3.63) is 61.6 Å². The molecular formula is C20H23N3O3S. The van der Waals surface area contributed by atoms with E-state index in [1.54, 1.807) is 11.4 Å². The van der Waals surface area contributed by atoms with Crippen molar-refractivity contribution in [1.29, 1.82) is 0 Å². The van der Waals surface area contributed by atoms with Crippen molar-refractivity contribution in [2.24, 2.45) is 0 Å². The van der Waals surface area contributed by atoms with Crippen LogP contribution >= 0.6 is 11.3 Å². The molecule has 0 bridgehead atoms. The van der Waals surface area contributed by atoms with Crippen LogP contribution in [0.1, 0.15) is 30.9 Å². The minimum Gasteiger partial charge on any atom is -0.324 e. The summed E-state index contributed by atoms with van der Waals surface area (Å²) in [4.78, 5) is 38.1. The van der Waals surface area contributed by atoms with E-state index in [2.05, 4.69) is 5.32 Å². The Kier molecular flexibility index (Phi) is 5.60. The monoisotopic (exact) mass is 385 g/mol. The molecule has 6 nitrogen and oxygen atoms in total. The number of benzene rings is 1. The number of rotatable bonds is 6. The van der Waals surface area contributed by atoms with E-state index in [1.807, 2.05) is 39.0 Å². The normalized spacial score (nSPS) is 11.1. The largest absolute Gasteiger partial charge is 0.332 e. The summed E-state index contributed by atoms with van der Waals surface area (Å²) in [6.07, 6.45) is 1.61. The molecule has 2 aromatic heterocycles. The van der Waals surface area contributed by atoms with Gasteiger partial charge in [-0.05, 0) is 42.8 Å². The second-order valence-corrected chi connectivity index (χ2v) is 7.55. The molecule has 1 aromatic carbocycles. The van der Waals surface area contributed by atoms with E-state index < -0.39 is 5.69 Å². The molecular weight excluding hydrogens is 362 g/mol. The lowest BCUT2D eigenvalue weighted by Gasteiger charge is -2.14. The molecule has 0 saturated carbocycles. The number of carbonyl (C=O) groups excluding carboxylic acids is 1. The molecule has 0 saturated heterocycles. The van der Waals surface area contributed by atoms with Crippen molar-refractivity contribution in [1.82, 2.24) is 9.13 Å². The third-order valence-corrected chi connectivity index (χ3v) is 5.51. The molecule has 0 aliphatic carbocycles. The van der Waals surface area contributed by atoms with E-state index in [4.69, 9.17) is 0 Å². The molecule has 0 atom stereocenters. The topological polar surface area (TPSA) is 73.1 Å². The Morgan fingerprint density at radius 1 is 1.11 bits per heavy atom. The number of para-hydroxylation sites is 1. The molecule has 1 amide bonds. The fourth-order valence-electron chi connectivity index (χ4n) is 3.13. The molecule has 142 valence electrons. The quantitative estimate of drug-likeness (QED) is 0.708. The zero-order valence-corrected chi connectivity index (χ0v) is 16.6. The fourth-order valence-corrected chi connectivity index (χ4v) is 3.98. The molecule has 1 N–H and O–H groups in total. The molecule has 0 radical (unpaired) electrons. The zero-order valence-electron chi connectivity index (χ0n) is 15.7. The molecule has 0 unspecified atom stereocenters. The first-order valence-electron chi connectivity index (χ1n) is 9.01. The minimum atomic E-state index is -0.434. The molecule has 7 heteroatoms. The zero-order chi connectivity index (χ0) is 19.6. The molecule has 0 fully saturated rings. The first-order valence-corrected chi connectivity index (χ1v) is 9.89. The third-order valence-electron chi connectivity index (χ3n) is 4.62. The van der Waals surface area contributed by atoms with Crippen LogP contribution in [0.25, 0.3) is 10.2 Å². The van der Waals surface area contributed by atoms with Gasteiger partial charge < -0.3 is 5.32 Å². The summed E-state index contributed by atoms with van der Waals surface area (Å²) in [7, 11) is 0. The number of nitrogens with zero attached hydrogens (tertiary/aromatic N) is 2. The van der Waals surface area contributed by atoms with Gasteiger partial charge in [0.2, 0.25) is 5.91 Å². The maximum atomic E-state index is 12.9. The molecule has 0 aliphatic heterocycles. The van der Waals surface area contributed by atoms with Crippen molar-refractivity contribution in [2.75, 3.05) is 5.32 Å². The summed E-state index contributed by atoms with van der Waals surface area (Å²) in [6, 6.07) is 7.51. The number of anilines is 1. The Labute approximate surface area is 161 Å². The Morgan fingerprint density at radius 2 is 1.81 bits per heavy atom. The van der Waals surface area contributed by atoms with Gasteiger partial charge >= 0.3 is 5.69 Å². The van der Waals surface area contributed by atoms with Gasteiger partial charge in [-0.25, -0.2) is 4.79 Å². The number of hydrogen-bond acceptors (Lipinski definition) is 4. The van der Waals surface area contributed by atoms with E-state index in [1.165, 1.54) is 20.5 Å². The van der Waals surface area contributed by atoms with Crippen molar-refractivity contribution in [2.45, 2.75) is 46.7 Å². The molecule has 3 aromatic rings. The van der Waals surface area contributed by atoms with E-state index in [-0.39, 0.29) is 18.0 Å². The maximum Gasteiger partial charge on any atom is 0.332 e. The van der Waals surface area contributed by atoms with Gasteiger partial charge in [-0.2, -0.15) is 0 Å². The van der Waals surface area contributed by atoms with Crippen LogP contribution in [0.15, 0.2) is 39.2 Å². The number of aryl methyl sites for hydroxylation is 2. The van der Waals surface area contributed by atoms with Gasteiger partial charge in [0.05, 0.1) is 5.52 Å². The van der Waals surface area contributed by atoms with Crippen LogP contribution < -0.4 is 16.6 Å². The smallest absolute Gasteiger partial charge is 0.324 e. The average molecular weight is 385 g/mol. The Bertz CT molecular complexity index is 1090. The molecule has 0 spiro atoms. The predicted octanol–water partition coefficient (Wildman–Crippen LogP) is 3.28. The summed E-state index contributed by atoms with van der Waals surface area (Å²) in [5.41, 5.74) is 2.49. The van der Waals surface area contributed by atoms with Crippen molar-refractivity contribution in [3.8, 4) is 0 Å². The highest BCUT2D eigenvalue weighted by Gasteiger charge is 2.17. The third kappa shape index (κ3) is 3.73. The molecule has 0 aliphatic rings. The maximum absolute atomic E-state index is 12.9. The lowest BCUT2D eigenvalue weighted by Crippen LogP contribution is -2.41. The first-order chi connectivity index (χ1) is 12.9. The summed E-state index contributed by atoms with van der Waals surface area (Å²) >= 11 is 1.30. The summed E-state index contributed by atoms with van der Waals surface area (Å²) in [5, 5.41) is 4.68.